The molecule has 0 spiro atoms. The number of rotatable bonds is 9. The summed E-state index contributed by atoms with van der Waals surface area (Å²) in [5.74, 6) is 0. The quantitative estimate of drug-likeness (QED) is 0.135. The van der Waals surface area contributed by atoms with Crippen molar-refractivity contribution in [2.24, 2.45) is 0 Å². The Kier molecular flexibility index (Phi) is 14.7. The molecule has 16 aromatic rings. The van der Waals surface area contributed by atoms with Crippen LogP contribution in [0.3, 0.4) is 0 Å². The molecule has 492 valence electrons. The highest BCUT2D eigenvalue weighted by Gasteiger charge is 2.47. The molecule has 2 aliphatic rings. The first-order chi connectivity index (χ1) is 49.4. The third-order valence-electron chi connectivity index (χ3n) is 21.3. The third kappa shape index (κ3) is 10.5. The summed E-state index contributed by atoms with van der Waals surface area (Å²) >= 11 is 7.62. The van der Waals surface area contributed by atoms with Gasteiger partial charge >= 0.3 is 0 Å². The molecular formula is C96H76BClN2O2. The molecule has 0 fully saturated rings. The summed E-state index contributed by atoms with van der Waals surface area (Å²) in [5, 5.41) is 4.93. The molecule has 4 heterocycles. The monoisotopic (exact) mass is 1330 g/mol. The van der Waals surface area contributed by atoms with Gasteiger partial charge in [-0.15, -0.1) is 0 Å². The van der Waals surface area contributed by atoms with E-state index in [9.17, 15) is 0 Å². The van der Waals surface area contributed by atoms with Crippen molar-refractivity contribution in [2.45, 2.75) is 78.6 Å². The SMILES string of the molecule is CC(C)(C)c1cc(-c2ccccc2)c(N2c3cc(Cl)ccc3B3c4cc(-c5cc(-c6ccccc6)cc(-c6ccccc6)c5)ccc4N(c4c(-c5cccc6oc7ccccc7c56)cc(C(C)(C)C)cc4-c4cccc5oc6ccccc6c45)c4cc(C(C)(C)C)cc2c43)c(-c2ccccc2)c1. The van der Waals surface area contributed by atoms with Crippen LogP contribution in [0.2, 0.25) is 5.02 Å². The van der Waals surface area contributed by atoms with Crippen molar-refractivity contribution in [2.75, 3.05) is 9.80 Å². The first kappa shape index (κ1) is 62.9. The first-order valence-corrected chi connectivity index (χ1v) is 36.0. The van der Waals surface area contributed by atoms with Crippen molar-refractivity contribution < 1.29 is 8.83 Å². The maximum absolute atomic E-state index is 7.62. The normalized spacial score (nSPS) is 12.9. The number of halogens is 1. The standard InChI is InChI=1S/C96H76BClN2O2/c1-94(2,3)67-52-75(61-32-18-12-19-33-61)92(76(53-67)62-34-20-13-21-35-62)100-82-58-70(98)45-46-79(82)97-80-51-63(66-49-64(59-28-14-10-15-29-59)48-65(50-66)60-30-16-11-17-31-60)44-47-81(80)99(83-56-69(96(7,8)9)57-84(100)91(83)97)93-77(71-38-26-42-87-89(71)73-36-22-24-40-85(73)101-87)54-68(95(4,5)6)55-78(93)72-39-27-43-88-90(72)74-37-23-25-41-86(74)102-88/h10-58H,1-9H3. The fourth-order valence-electron chi connectivity index (χ4n) is 16.2. The van der Waals surface area contributed by atoms with Crippen molar-refractivity contribution >= 4 is 113 Å². The van der Waals surface area contributed by atoms with Crippen molar-refractivity contribution in [1.82, 2.24) is 0 Å². The molecule has 2 aliphatic heterocycles. The van der Waals surface area contributed by atoms with Crippen LogP contribution in [-0.2, 0) is 16.2 Å². The summed E-state index contributed by atoms with van der Waals surface area (Å²) in [6.07, 6.45) is 0. The highest BCUT2D eigenvalue weighted by molar-refractivity contribution is 7.00. The van der Waals surface area contributed by atoms with Crippen LogP contribution in [0, 0.1) is 0 Å². The fraction of sp³-hybridized carbons (Fsp3) is 0.125. The van der Waals surface area contributed by atoms with E-state index in [-0.39, 0.29) is 23.0 Å². The molecule has 14 aromatic carbocycles. The maximum atomic E-state index is 7.62. The van der Waals surface area contributed by atoms with Crippen LogP contribution in [-0.4, -0.2) is 6.71 Å². The number of para-hydroxylation sites is 2. The van der Waals surface area contributed by atoms with E-state index in [4.69, 9.17) is 20.4 Å². The van der Waals surface area contributed by atoms with Gasteiger partial charge in [0.15, 0.2) is 0 Å². The average molecular weight is 1340 g/mol. The zero-order valence-electron chi connectivity index (χ0n) is 59.0. The van der Waals surface area contributed by atoms with Gasteiger partial charge in [-0.25, -0.2) is 0 Å². The van der Waals surface area contributed by atoms with E-state index >= 15 is 0 Å². The second-order valence-electron chi connectivity index (χ2n) is 30.9. The van der Waals surface area contributed by atoms with Crippen LogP contribution in [0.1, 0.15) is 79.0 Å². The van der Waals surface area contributed by atoms with Crippen LogP contribution in [0.25, 0.3) is 122 Å². The summed E-state index contributed by atoms with van der Waals surface area (Å²) in [6.45, 7) is 20.8. The van der Waals surface area contributed by atoms with Crippen molar-refractivity contribution in [3.05, 3.63) is 319 Å². The molecule has 18 rings (SSSR count). The summed E-state index contributed by atoms with van der Waals surface area (Å²) in [7, 11) is 0. The van der Waals surface area contributed by atoms with Gasteiger partial charge in [0.1, 0.15) is 22.3 Å². The van der Waals surface area contributed by atoms with Gasteiger partial charge < -0.3 is 18.6 Å². The number of anilines is 6. The number of fused-ring (bicyclic) bond motifs is 10. The van der Waals surface area contributed by atoms with Gasteiger partial charge in [0.05, 0.1) is 11.4 Å². The molecule has 0 aliphatic carbocycles. The van der Waals surface area contributed by atoms with Crippen LogP contribution in [0.4, 0.5) is 34.1 Å². The molecule has 2 aromatic heterocycles. The van der Waals surface area contributed by atoms with E-state index in [1.165, 1.54) is 27.6 Å². The summed E-state index contributed by atoms with van der Waals surface area (Å²) in [5.41, 5.74) is 31.8. The molecule has 0 radical (unpaired) electrons. The molecule has 6 heteroatoms. The van der Waals surface area contributed by atoms with Gasteiger partial charge in [-0.3, -0.25) is 0 Å². The summed E-state index contributed by atoms with van der Waals surface area (Å²) in [4.78, 5) is 5.31. The molecule has 4 nitrogen and oxygen atoms in total. The van der Waals surface area contributed by atoms with E-state index in [1.807, 2.05) is 0 Å². The fourth-order valence-corrected chi connectivity index (χ4v) is 16.3. The van der Waals surface area contributed by atoms with E-state index in [0.717, 1.165) is 161 Å². The molecule has 0 bridgehead atoms. The Labute approximate surface area is 602 Å². The highest BCUT2D eigenvalue weighted by atomic mass is 35.5. The largest absolute Gasteiger partial charge is 0.456 e. The van der Waals surface area contributed by atoms with Crippen molar-refractivity contribution in [3.8, 4) is 77.9 Å². The molecule has 102 heavy (non-hydrogen) atoms. The zero-order valence-corrected chi connectivity index (χ0v) is 59.7. The first-order valence-electron chi connectivity index (χ1n) is 35.7. The molecule has 0 amide bonds. The molecular weight excluding hydrogens is 1260 g/mol. The number of hydrogen-bond donors (Lipinski definition) is 0. The molecule has 0 saturated carbocycles. The smallest absolute Gasteiger partial charge is 0.252 e. The minimum absolute atomic E-state index is 0.201. The lowest BCUT2D eigenvalue weighted by molar-refractivity contribution is 0.590. The Morgan fingerprint density at radius 2 is 0.667 bits per heavy atom. The Hall–Kier alpha value is -11.4. The van der Waals surface area contributed by atoms with Gasteiger partial charge in [0, 0.05) is 71.6 Å². The van der Waals surface area contributed by atoms with Crippen LogP contribution < -0.4 is 26.2 Å². The molecule has 0 atom stereocenters. The molecule has 0 N–H and O–H groups in total. The Bertz CT molecular complexity index is 5780. The lowest BCUT2D eigenvalue weighted by Crippen LogP contribution is -2.61. The van der Waals surface area contributed by atoms with Gasteiger partial charge in [-0.05, 0) is 202 Å². The van der Waals surface area contributed by atoms with Crippen molar-refractivity contribution in [1.29, 1.82) is 0 Å². The predicted octanol–water partition coefficient (Wildman–Crippen LogP) is 25.8. The number of benzene rings is 14. The van der Waals surface area contributed by atoms with E-state index in [2.05, 4.69) is 369 Å². The minimum Gasteiger partial charge on any atom is -0.456 e. The lowest BCUT2D eigenvalue weighted by Gasteiger charge is -2.46. The second kappa shape index (κ2) is 23.9. The zero-order chi connectivity index (χ0) is 69.5. The maximum Gasteiger partial charge on any atom is 0.252 e. The Balaban J connectivity index is 1.04. The number of furan rings is 2. The summed E-state index contributed by atoms with van der Waals surface area (Å²) in [6, 6.07) is 110. The number of hydrogen-bond acceptors (Lipinski definition) is 4. The predicted molar refractivity (Wildman–Crippen MR) is 434 cm³/mol. The van der Waals surface area contributed by atoms with Gasteiger partial charge in [-0.2, -0.15) is 0 Å². The van der Waals surface area contributed by atoms with Gasteiger partial charge in [-0.1, -0.05) is 274 Å². The van der Waals surface area contributed by atoms with Crippen LogP contribution in [0.5, 0.6) is 0 Å². The van der Waals surface area contributed by atoms with E-state index in [1.54, 1.807) is 0 Å². The van der Waals surface area contributed by atoms with Crippen LogP contribution in [0.15, 0.2) is 306 Å². The minimum atomic E-state index is -0.359. The van der Waals surface area contributed by atoms with Crippen LogP contribution >= 0.6 is 11.6 Å². The third-order valence-corrected chi connectivity index (χ3v) is 21.6. The Morgan fingerprint density at radius 3 is 1.14 bits per heavy atom. The topological polar surface area (TPSA) is 32.8 Å². The Morgan fingerprint density at radius 1 is 0.275 bits per heavy atom. The van der Waals surface area contributed by atoms with Gasteiger partial charge in [0.25, 0.3) is 6.71 Å². The summed E-state index contributed by atoms with van der Waals surface area (Å²) < 4.78 is 13.8. The second-order valence-corrected chi connectivity index (χ2v) is 31.4. The molecule has 0 unspecified atom stereocenters. The lowest BCUT2D eigenvalue weighted by atomic mass is 9.33. The average Bonchev–Trinajstić information content (AvgIpc) is 0.791. The van der Waals surface area contributed by atoms with Gasteiger partial charge in [0.2, 0.25) is 0 Å². The molecule has 0 saturated heterocycles. The highest BCUT2D eigenvalue weighted by Crippen LogP contribution is 2.57. The van der Waals surface area contributed by atoms with E-state index in [0.29, 0.717) is 5.02 Å². The van der Waals surface area contributed by atoms with E-state index < -0.39 is 0 Å². The number of nitrogens with zero attached hydrogens (tertiary/aromatic N) is 2. The van der Waals surface area contributed by atoms with Crippen molar-refractivity contribution in [3.63, 3.8) is 0 Å².